The third kappa shape index (κ3) is 4.24. The Labute approximate surface area is 154 Å². The number of rotatable bonds is 6. The summed E-state index contributed by atoms with van der Waals surface area (Å²) in [5, 5.41) is 0.855. The molecule has 5 nitrogen and oxygen atoms in total. The minimum absolute atomic E-state index is 0.129. The molecule has 1 heterocycles. The van der Waals surface area contributed by atoms with E-state index in [-0.39, 0.29) is 24.7 Å². The Balaban J connectivity index is 1.51. The fourth-order valence-electron chi connectivity index (χ4n) is 2.60. The quantitative estimate of drug-likeness (QED) is 0.523. The molecule has 0 atom stereocenters. The molecule has 1 N–H and O–H groups in total. The Morgan fingerprint density at radius 3 is 2.72 bits per heavy atom. The van der Waals surface area contributed by atoms with Crippen LogP contribution in [-0.4, -0.2) is 22.1 Å². The molecule has 0 saturated carbocycles. The third-order valence-electron chi connectivity index (χ3n) is 3.80. The summed E-state index contributed by atoms with van der Waals surface area (Å²) in [6.07, 6.45) is 0.679. The molecular weight excluding hydrogens is 363 g/mol. The number of nitrogens with zero attached hydrogens (tertiary/aromatic N) is 1. The number of benzene rings is 2. The molecule has 0 aliphatic heterocycles. The van der Waals surface area contributed by atoms with Crippen LogP contribution in [0.4, 0.5) is 0 Å². The van der Waals surface area contributed by atoms with E-state index in [9.17, 15) is 9.59 Å². The van der Waals surface area contributed by atoms with Gasteiger partial charge in [0.05, 0.1) is 34.1 Å². The van der Waals surface area contributed by atoms with E-state index >= 15 is 0 Å². The van der Waals surface area contributed by atoms with E-state index in [1.807, 2.05) is 24.3 Å². The zero-order chi connectivity index (χ0) is 17.8. The van der Waals surface area contributed by atoms with Gasteiger partial charge in [-0.3, -0.25) is 9.36 Å². The lowest BCUT2D eigenvalue weighted by molar-refractivity contribution is -0.142. The van der Waals surface area contributed by atoms with E-state index in [1.165, 1.54) is 0 Å². The summed E-state index contributed by atoms with van der Waals surface area (Å²) in [4.78, 5) is 26.6. The van der Waals surface area contributed by atoms with Gasteiger partial charge >= 0.3 is 11.7 Å². The second kappa shape index (κ2) is 7.76. The maximum absolute atomic E-state index is 11.9. The number of hydrogen-bond donors (Lipinski definition) is 1. The molecule has 25 heavy (non-hydrogen) atoms. The molecule has 0 amide bonds. The van der Waals surface area contributed by atoms with Crippen molar-refractivity contribution in [1.29, 1.82) is 0 Å². The van der Waals surface area contributed by atoms with Gasteiger partial charge in [0.2, 0.25) is 0 Å². The minimum atomic E-state index is -0.343. The third-order valence-corrected chi connectivity index (χ3v) is 4.54. The molecule has 0 unspecified atom stereocenters. The highest BCUT2D eigenvalue weighted by Gasteiger charge is 2.08. The van der Waals surface area contributed by atoms with Crippen molar-refractivity contribution in [1.82, 2.24) is 9.55 Å². The van der Waals surface area contributed by atoms with Crippen LogP contribution in [0.5, 0.6) is 0 Å². The van der Waals surface area contributed by atoms with E-state index < -0.39 is 0 Å². The molecule has 7 heteroatoms. The molecular formula is C18H16Cl2N2O3. The summed E-state index contributed by atoms with van der Waals surface area (Å²) >= 11 is 11.8. The van der Waals surface area contributed by atoms with Crippen molar-refractivity contribution in [3.05, 3.63) is 68.6 Å². The number of carbonyl (C=O) groups is 1. The first-order valence-electron chi connectivity index (χ1n) is 7.81. The summed E-state index contributed by atoms with van der Waals surface area (Å²) in [5.74, 6) is -0.343. The summed E-state index contributed by atoms with van der Waals surface area (Å²) in [6, 6.07) is 12.5. The number of ether oxygens (including phenoxy) is 1. The molecule has 0 aliphatic carbocycles. The van der Waals surface area contributed by atoms with Gasteiger partial charge in [-0.2, -0.15) is 0 Å². The number of H-pyrrole nitrogens is 1. The van der Waals surface area contributed by atoms with Crippen LogP contribution in [0.25, 0.3) is 11.0 Å². The Morgan fingerprint density at radius 1 is 1.12 bits per heavy atom. The molecule has 0 spiro atoms. The fourth-order valence-corrected chi connectivity index (χ4v) is 2.93. The number of aromatic amines is 1. The highest BCUT2D eigenvalue weighted by molar-refractivity contribution is 6.42. The summed E-state index contributed by atoms with van der Waals surface area (Å²) in [6.45, 7) is 0.717. The lowest BCUT2D eigenvalue weighted by Crippen LogP contribution is -2.18. The number of esters is 1. The monoisotopic (exact) mass is 378 g/mol. The molecule has 0 radical (unpaired) electrons. The number of para-hydroxylation sites is 2. The van der Waals surface area contributed by atoms with E-state index in [2.05, 4.69) is 4.98 Å². The van der Waals surface area contributed by atoms with Crippen LogP contribution in [0, 0.1) is 0 Å². The topological polar surface area (TPSA) is 64.1 Å². The van der Waals surface area contributed by atoms with Gasteiger partial charge in [0, 0.05) is 6.54 Å². The fraction of sp³-hybridized carbons (Fsp3) is 0.222. The van der Waals surface area contributed by atoms with E-state index in [0.29, 0.717) is 23.0 Å². The predicted molar refractivity (Wildman–Crippen MR) is 98.3 cm³/mol. The second-order valence-electron chi connectivity index (χ2n) is 5.60. The number of halogens is 2. The van der Waals surface area contributed by atoms with Gasteiger partial charge in [-0.15, -0.1) is 0 Å². The second-order valence-corrected chi connectivity index (χ2v) is 6.41. The highest BCUT2D eigenvalue weighted by atomic mass is 35.5. The number of nitrogens with one attached hydrogen (secondary N) is 1. The molecule has 0 aliphatic rings. The van der Waals surface area contributed by atoms with Gasteiger partial charge in [-0.25, -0.2) is 4.79 Å². The Kier molecular flexibility index (Phi) is 5.46. The van der Waals surface area contributed by atoms with Gasteiger partial charge in [-0.1, -0.05) is 41.4 Å². The van der Waals surface area contributed by atoms with Crippen molar-refractivity contribution in [3.8, 4) is 0 Å². The average Bonchev–Trinajstić information content (AvgIpc) is 2.90. The summed E-state index contributed by atoms with van der Waals surface area (Å²) < 4.78 is 6.87. The van der Waals surface area contributed by atoms with Gasteiger partial charge in [0.15, 0.2) is 0 Å². The van der Waals surface area contributed by atoms with Crippen molar-refractivity contribution in [3.63, 3.8) is 0 Å². The van der Waals surface area contributed by atoms with Crippen molar-refractivity contribution < 1.29 is 9.53 Å². The van der Waals surface area contributed by atoms with Crippen molar-refractivity contribution in [2.75, 3.05) is 6.61 Å². The molecule has 3 aromatic rings. The largest absolute Gasteiger partial charge is 0.465 e. The van der Waals surface area contributed by atoms with Gasteiger partial charge < -0.3 is 9.72 Å². The molecule has 0 bridgehead atoms. The first-order valence-corrected chi connectivity index (χ1v) is 8.57. The van der Waals surface area contributed by atoms with Gasteiger partial charge in [0.25, 0.3) is 0 Å². The van der Waals surface area contributed by atoms with Crippen LogP contribution < -0.4 is 5.69 Å². The van der Waals surface area contributed by atoms with Crippen molar-refractivity contribution in [2.45, 2.75) is 19.4 Å². The molecule has 0 fully saturated rings. The zero-order valence-corrected chi connectivity index (χ0v) is 14.8. The van der Waals surface area contributed by atoms with Crippen LogP contribution in [0.2, 0.25) is 10.0 Å². The SMILES string of the molecule is O=C(Cc1ccc(Cl)c(Cl)c1)OCCCn1c(=O)[nH]c2ccccc21. The number of aromatic nitrogens is 2. The Hall–Kier alpha value is -2.24. The van der Waals surface area contributed by atoms with E-state index in [4.69, 9.17) is 27.9 Å². The molecule has 0 saturated heterocycles. The number of fused-ring (bicyclic) bond motifs is 1. The number of carbonyl (C=O) groups excluding carboxylic acids is 1. The molecule has 130 valence electrons. The highest BCUT2D eigenvalue weighted by Crippen LogP contribution is 2.22. The zero-order valence-electron chi connectivity index (χ0n) is 13.3. The molecule has 1 aromatic heterocycles. The number of hydrogen-bond acceptors (Lipinski definition) is 3. The van der Waals surface area contributed by atoms with Crippen molar-refractivity contribution in [2.24, 2.45) is 0 Å². The molecule has 2 aromatic carbocycles. The van der Waals surface area contributed by atoms with Crippen LogP contribution >= 0.6 is 23.2 Å². The number of aryl methyl sites for hydroxylation is 1. The number of imidazole rings is 1. The summed E-state index contributed by atoms with van der Waals surface area (Å²) in [7, 11) is 0. The van der Waals surface area contributed by atoms with E-state index in [1.54, 1.807) is 22.8 Å². The lowest BCUT2D eigenvalue weighted by atomic mass is 10.1. The average molecular weight is 379 g/mol. The first-order chi connectivity index (χ1) is 12.0. The Bertz CT molecular complexity index is 962. The Morgan fingerprint density at radius 2 is 1.92 bits per heavy atom. The first kappa shape index (κ1) is 17.6. The van der Waals surface area contributed by atoms with Crippen LogP contribution in [0.1, 0.15) is 12.0 Å². The standard InChI is InChI=1S/C18H16Cl2N2O3/c19-13-7-6-12(10-14(13)20)11-17(23)25-9-3-8-22-16-5-2-1-4-15(16)21-18(22)24/h1-2,4-7,10H,3,8-9,11H2,(H,21,24). The molecule has 3 rings (SSSR count). The normalized spacial score (nSPS) is 11.0. The lowest BCUT2D eigenvalue weighted by Gasteiger charge is -2.07. The van der Waals surface area contributed by atoms with Crippen LogP contribution in [0.3, 0.4) is 0 Å². The predicted octanol–water partition coefficient (Wildman–Crippen LogP) is 3.81. The van der Waals surface area contributed by atoms with E-state index in [0.717, 1.165) is 16.6 Å². The van der Waals surface area contributed by atoms with Gasteiger partial charge in [0.1, 0.15) is 0 Å². The maximum atomic E-state index is 11.9. The maximum Gasteiger partial charge on any atom is 0.326 e. The van der Waals surface area contributed by atoms with Crippen LogP contribution in [0.15, 0.2) is 47.3 Å². The van der Waals surface area contributed by atoms with Crippen molar-refractivity contribution >= 4 is 40.2 Å². The summed E-state index contributed by atoms with van der Waals surface area (Å²) in [5.41, 5.74) is 2.22. The minimum Gasteiger partial charge on any atom is -0.465 e. The van der Waals surface area contributed by atoms with Crippen LogP contribution in [-0.2, 0) is 22.5 Å². The van der Waals surface area contributed by atoms with Gasteiger partial charge in [-0.05, 0) is 36.2 Å². The smallest absolute Gasteiger partial charge is 0.326 e.